The van der Waals surface area contributed by atoms with Gasteiger partial charge in [0, 0.05) is 29.9 Å². The van der Waals surface area contributed by atoms with Crippen LogP contribution in [0, 0.1) is 17.1 Å². The van der Waals surface area contributed by atoms with Gasteiger partial charge in [-0.05, 0) is 18.6 Å². The molecule has 0 radical (unpaired) electrons. The van der Waals surface area contributed by atoms with E-state index in [1.165, 1.54) is 0 Å². The van der Waals surface area contributed by atoms with Gasteiger partial charge in [0.2, 0.25) is 0 Å². The van der Waals surface area contributed by atoms with Crippen LogP contribution in [0.1, 0.15) is 18.9 Å². The number of nitriles is 1. The van der Waals surface area contributed by atoms with E-state index < -0.39 is 5.82 Å². The first-order valence-electron chi connectivity index (χ1n) is 7.06. The van der Waals surface area contributed by atoms with Crippen LogP contribution in [0.15, 0.2) is 24.5 Å². The van der Waals surface area contributed by atoms with E-state index in [0.29, 0.717) is 16.3 Å². The largest absolute Gasteiger partial charge is 0.381 e. The van der Waals surface area contributed by atoms with Gasteiger partial charge in [-0.3, -0.25) is 0 Å². The molecule has 0 fully saturated rings. The highest BCUT2D eigenvalue weighted by atomic mass is 35.5. The molecule has 0 amide bonds. The third-order valence-corrected chi connectivity index (χ3v) is 3.73. The summed E-state index contributed by atoms with van der Waals surface area (Å²) in [6.07, 6.45) is 4.33. The fourth-order valence-corrected chi connectivity index (χ4v) is 2.70. The second kappa shape index (κ2) is 5.86. The van der Waals surface area contributed by atoms with Crippen LogP contribution in [0.3, 0.4) is 0 Å². The van der Waals surface area contributed by atoms with Gasteiger partial charge in [0.15, 0.2) is 11.6 Å². The maximum atomic E-state index is 13.6. The number of nitrogen functional groups attached to an aromatic ring is 1. The zero-order valence-corrected chi connectivity index (χ0v) is 13.1. The van der Waals surface area contributed by atoms with E-state index in [1.807, 2.05) is 16.8 Å². The monoisotopic (exact) mass is 329 g/mol. The molecule has 3 rings (SSSR count). The minimum Gasteiger partial charge on any atom is -0.381 e. The summed E-state index contributed by atoms with van der Waals surface area (Å²) in [5.41, 5.74) is 7.42. The van der Waals surface area contributed by atoms with Crippen molar-refractivity contribution in [1.29, 1.82) is 5.26 Å². The molecular formula is C16H13ClFN5. The van der Waals surface area contributed by atoms with Crippen LogP contribution in [0.25, 0.3) is 22.3 Å². The third-order valence-electron chi connectivity index (χ3n) is 3.52. The van der Waals surface area contributed by atoms with E-state index in [9.17, 15) is 9.65 Å². The van der Waals surface area contributed by atoms with Gasteiger partial charge in [-0.25, -0.2) is 14.4 Å². The normalized spacial score (nSPS) is 10.9. The van der Waals surface area contributed by atoms with Crippen LogP contribution in [0.4, 0.5) is 10.2 Å². The summed E-state index contributed by atoms with van der Waals surface area (Å²) in [5, 5.41) is 10.5. The molecule has 0 saturated heterocycles. The molecule has 3 heterocycles. The average molecular weight is 330 g/mol. The van der Waals surface area contributed by atoms with Gasteiger partial charge in [-0.2, -0.15) is 5.26 Å². The molecule has 5 nitrogen and oxygen atoms in total. The fourth-order valence-electron chi connectivity index (χ4n) is 2.54. The molecule has 7 heteroatoms. The SMILES string of the molecule is CCCn1cc(-c2nc(N)c(F)cc2C#N)c2cc(Cl)cnc21. The number of aryl methyl sites for hydroxylation is 1. The molecule has 0 aliphatic heterocycles. The quantitative estimate of drug-likeness (QED) is 0.793. The third kappa shape index (κ3) is 2.60. The first-order valence-corrected chi connectivity index (χ1v) is 7.43. The minimum atomic E-state index is -0.709. The summed E-state index contributed by atoms with van der Waals surface area (Å²) in [7, 11) is 0. The van der Waals surface area contributed by atoms with Gasteiger partial charge in [0.25, 0.3) is 0 Å². The molecule has 3 aromatic heterocycles. The summed E-state index contributed by atoms with van der Waals surface area (Å²) < 4.78 is 15.6. The maximum Gasteiger partial charge on any atom is 0.166 e. The number of rotatable bonds is 3. The molecule has 0 aliphatic carbocycles. The number of halogens is 2. The molecule has 3 aromatic rings. The van der Waals surface area contributed by atoms with Crippen molar-refractivity contribution in [3.63, 3.8) is 0 Å². The molecule has 0 spiro atoms. The van der Waals surface area contributed by atoms with Crippen molar-refractivity contribution in [2.45, 2.75) is 19.9 Å². The number of hydrogen-bond donors (Lipinski definition) is 1. The second-order valence-electron chi connectivity index (χ2n) is 5.12. The lowest BCUT2D eigenvalue weighted by Crippen LogP contribution is -1.99. The minimum absolute atomic E-state index is 0.118. The zero-order valence-electron chi connectivity index (χ0n) is 12.3. The molecule has 0 atom stereocenters. The molecule has 0 aliphatic rings. The Morgan fingerprint density at radius 1 is 1.43 bits per heavy atom. The number of nitrogens with zero attached hydrogens (tertiary/aromatic N) is 4. The molecular weight excluding hydrogens is 317 g/mol. The van der Waals surface area contributed by atoms with E-state index in [2.05, 4.69) is 16.9 Å². The summed E-state index contributed by atoms with van der Waals surface area (Å²) in [5.74, 6) is -0.955. The first kappa shape index (κ1) is 15.3. The van der Waals surface area contributed by atoms with Crippen LogP contribution >= 0.6 is 11.6 Å². The number of aromatic nitrogens is 3. The first-order chi connectivity index (χ1) is 11.0. The van der Waals surface area contributed by atoms with E-state index in [0.717, 1.165) is 30.1 Å². The number of anilines is 1. The fraction of sp³-hybridized carbons (Fsp3) is 0.188. The van der Waals surface area contributed by atoms with Crippen LogP contribution in [-0.4, -0.2) is 14.5 Å². The summed E-state index contributed by atoms with van der Waals surface area (Å²) in [6, 6.07) is 4.82. The second-order valence-corrected chi connectivity index (χ2v) is 5.56. The van der Waals surface area contributed by atoms with Gasteiger partial charge in [0.05, 0.1) is 16.3 Å². The summed E-state index contributed by atoms with van der Waals surface area (Å²) in [4.78, 5) is 8.42. The van der Waals surface area contributed by atoms with Crippen molar-refractivity contribution < 1.29 is 4.39 Å². The van der Waals surface area contributed by atoms with Crippen LogP contribution in [0.2, 0.25) is 5.02 Å². The molecule has 116 valence electrons. The van der Waals surface area contributed by atoms with E-state index in [4.69, 9.17) is 17.3 Å². The van der Waals surface area contributed by atoms with Gasteiger partial charge >= 0.3 is 0 Å². The van der Waals surface area contributed by atoms with Gasteiger partial charge in [-0.15, -0.1) is 0 Å². The van der Waals surface area contributed by atoms with Gasteiger partial charge < -0.3 is 10.3 Å². The Bertz CT molecular complexity index is 942. The van der Waals surface area contributed by atoms with Gasteiger partial charge in [0.1, 0.15) is 11.7 Å². The van der Waals surface area contributed by atoms with Crippen LogP contribution in [-0.2, 0) is 6.54 Å². The number of pyridine rings is 2. The van der Waals surface area contributed by atoms with Crippen molar-refractivity contribution in [2.75, 3.05) is 5.73 Å². The van der Waals surface area contributed by atoms with Gasteiger partial charge in [-0.1, -0.05) is 18.5 Å². The van der Waals surface area contributed by atoms with E-state index in [-0.39, 0.29) is 11.4 Å². The summed E-state index contributed by atoms with van der Waals surface area (Å²) >= 11 is 6.05. The molecule has 0 bridgehead atoms. The van der Waals surface area contributed by atoms with Crippen LogP contribution < -0.4 is 5.73 Å². The van der Waals surface area contributed by atoms with Crippen molar-refractivity contribution in [3.05, 3.63) is 40.9 Å². The topological polar surface area (TPSA) is 80.5 Å². The number of fused-ring (bicyclic) bond motifs is 1. The molecule has 0 saturated carbocycles. The highest BCUT2D eigenvalue weighted by Crippen LogP contribution is 2.33. The Hall–Kier alpha value is -2.65. The highest BCUT2D eigenvalue weighted by molar-refractivity contribution is 6.31. The number of hydrogen-bond acceptors (Lipinski definition) is 4. The zero-order chi connectivity index (χ0) is 16.6. The van der Waals surface area contributed by atoms with Crippen LogP contribution in [0.5, 0.6) is 0 Å². The Kier molecular flexibility index (Phi) is 3.89. The molecule has 0 unspecified atom stereocenters. The Morgan fingerprint density at radius 2 is 2.22 bits per heavy atom. The van der Waals surface area contributed by atoms with E-state index >= 15 is 0 Å². The Morgan fingerprint density at radius 3 is 2.91 bits per heavy atom. The molecule has 0 aromatic carbocycles. The average Bonchev–Trinajstić information content (AvgIpc) is 2.87. The van der Waals surface area contributed by atoms with Crippen molar-refractivity contribution in [3.8, 4) is 17.3 Å². The predicted molar refractivity (Wildman–Crippen MR) is 87.4 cm³/mol. The lowest BCUT2D eigenvalue weighted by molar-refractivity contribution is 0.627. The Balaban J connectivity index is 2.34. The van der Waals surface area contributed by atoms with Crippen molar-refractivity contribution in [1.82, 2.24) is 14.5 Å². The maximum absolute atomic E-state index is 13.6. The smallest absolute Gasteiger partial charge is 0.166 e. The predicted octanol–water partition coefficient (Wildman–Crippen LogP) is 3.75. The Labute approximate surface area is 137 Å². The molecule has 23 heavy (non-hydrogen) atoms. The van der Waals surface area contributed by atoms with Crippen molar-refractivity contribution in [2.24, 2.45) is 0 Å². The summed E-state index contributed by atoms with van der Waals surface area (Å²) in [6.45, 7) is 2.81. The van der Waals surface area contributed by atoms with E-state index in [1.54, 1.807) is 12.3 Å². The molecule has 2 N–H and O–H groups in total. The lowest BCUT2D eigenvalue weighted by atomic mass is 10.1. The standard InChI is InChI=1S/C16H13ClFN5/c1-2-3-23-8-12(11-5-10(17)7-21-16(11)23)14-9(6-19)4-13(18)15(20)22-14/h4-5,7-8H,2-3H2,1H3,(H2,20,22). The lowest BCUT2D eigenvalue weighted by Gasteiger charge is -2.04. The highest BCUT2D eigenvalue weighted by Gasteiger charge is 2.18. The van der Waals surface area contributed by atoms with Crippen molar-refractivity contribution >= 4 is 28.5 Å². The number of nitrogens with two attached hydrogens (primary N) is 1.